The molecular formula is C9H16N4OS. The number of hydrogen-bond donors (Lipinski definition) is 1. The summed E-state index contributed by atoms with van der Waals surface area (Å²) in [6, 6.07) is 0. The van der Waals surface area contributed by atoms with Crippen LogP contribution in [0.1, 0.15) is 23.5 Å². The van der Waals surface area contributed by atoms with E-state index in [9.17, 15) is 4.79 Å². The molecule has 1 rings (SSSR count). The summed E-state index contributed by atoms with van der Waals surface area (Å²) in [5, 5.41) is 3.64. The molecule has 5 nitrogen and oxygen atoms in total. The van der Waals surface area contributed by atoms with Crippen LogP contribution in [0.3, 0.4) is 0 Å². The van der Waals surface area contributed by atoms with Crippen LogP contribution in [-0.2, 0) is 0 Å². The maximum atomic E-state index is 11.8. The Morgan fingerprint density at radius 2 is 2.33 bits per heavy atom. The molecule has 2 N–H and O–H groups in total. The Morgan fingerprint density at radius 1 is 1.67 bits per heavy atom. The Balaban J connectivity index is 2.62. The van der Waals surface area contributed by atoms with Gasteiger partial charge in [-0.2, -0.15) is 0 Å². The third-order valence-electron chi connectivity index (χ3n) is 2.14. The molecular weight excluding hydrogens is 212 g/mol. The Hall–Kier alpha value is -1.01. The lowest BCUT2D eigenvalue weighted by molar-refractivity contribution is 0.0745. The van der Waals surface area contributed by atoms with Gasteiger partial charge in [0, 0.05) is 13.6 Å². The van der Waals surface area contributed by atoms with Crippen LogP contribution >= 0.6 is 11.5 Å². The summed E-state index contributed by atoms with van der Waals surface area (Å²) in [6.45, 7) is 5.23. The first-order valence-electron chi connectivity index (χ1n) is 4.69. The van der Waals surface area contributed by atoms with Crippen molar-refractivity contribution in [2.24, 2.45) is 11.1 Å². The molecule has 1 amide bonds. The van der Waals surface area contributed by atoms with Crippen molar-refractivity contribution in [2.45, 2.75) is 13.8 Å². The van der Waals surface area contributed by atoms with Crippen molar-refractivity contribution in [1.29, 1.82) is 0 Å². The van der Waals surface area contributed by atoms with E-state index >= 15 is 0 Å². The second-order valence-corrected chi connectivity index (χ2v) is 5.10. The van der Waals surface area contributed by atoms with Gasteiger partial charge >= 0.3 is 0 Å². The van der Waals surface area contributed by atoms with E-state index < -0.39 is 0 Å². The van der Waals surface area contributed by atoms with Gasteiger partial charge in [0.05, 0.1) is 6.20 Å². The molecule has 0 atom stereocenters. The fraction of sp³-hybridized carbons (Fsp3) is 0.667. The van der Waals surface area contributed by atoms with E-state index in [0.29, 0.717) is 18.0 Å². The molecule has 0 aliphatic heterocycles. The van der Waals surface area contributed by atoms with Crippen LogP contribution in [0.4, 0.5) is 0 Å². The minimum absolute atomic E-state index is 0.0495. The van der Waals surface area contributed by atoms with E-state index in [2.05, 4.69) is 9.59 Å². The van der Waals surface area contributed by atoms with Crippen molar-refractivity contribution in [3.63, 3.8) is 0 Å². The lowest BCUT2D eigenvalue weighted by Crippen LogP contribution is -2.39. The molecule has 0 unspecified atom stereocenters. The first kappa shape index (κ1) is 12.1. The quantitative estimate of drug-likeness (QED) is 0.819. The molecule has 0 saturated heterocycles. The lowest BCUT2D eigenvalue weighted by Gasteiger charge is -2.28. The lowest BCUT2D eigenvalue weighted by atomic mass is 9.93. The standard InChI is InChI=1S/C9H16N4OS/c1-9(2,5-10)6-13(3)8(14)7-4-11-12-15-7/h4H,5-6,10H2,1-3H3. The van der Waals surface area contributed by atoms with Crippen molar-refractivity contribution in [3.05, 3.63) is 11.1 Å². The van der Waals surface area contributed by atoms with E-state index in [1.165, 1.54) is 6.20 Å². The number of carbonyl (C=O) groups excluding carboxylic acids is 1. The third kappa shape index (κ3) is 3.24. The predicted octanol–water partition coefficient (Wildman–Crippen LogP) is 0.595. The first-order chi connectivity index (χ1) is 6.96. The Bertz CT molecular complexity index is 323. The van der Waals surface area contributed by atoms with Crippen LogP contribution in [0.25, 0.3) is 0 Å². The molecule has 0 aliphatic carbocycles. The highest BCUT2D eigenvalue weighted by Crippen LogP contribution is 2.16. The SMILES string of the molecule is CN(CC(C)(C)CN)C(=O)c1cnns1. The highest BCUT2D eigenvalue weighted by molar-refractivity contribution is 7.07. The molecule has 1 aromatic rings. The van der Waals surface area contributed by atoms with E-state index in [0.717, 1.165) is 11.5 Å². The average molecular weight is 228 g/mol. The molecule has 84 valence electrons. The van der Waals surface area contributed by atoms with Crippen LogP contribution in [0.2, 0.25) is 0 Å². The summed E-state index contributed by atoms with van der Waals surface area (Å²) in [5.41, 5.74) is 5.55. The minimum Gasteiger partial charge on any atom is -0.340 e. The maximum Gasteiger partial charge on any atom is 0.266 e. The Labute approximate surface area is 93.4 Å². The summed E-state index contributed by atoms with van der Waals surface area (Å²) in [5.74, 6) is -0.0495. The normalized spacial score (nSPS) is 11.5. The van der Waals surface area contributed by atoms with Crippen molar-refractivity contribution in [1.82, 2.24) is 14.5 Å². The zero-order chi connectivity index (χ0) is 11.5. The smallest absolute Gasteiger partial charge is 0.266 e. The monoisotopic (exact) mass is 228 g/mol. The molecule has 0 saturated carbocycles. The summed E-state index contributed by atoms with van der Waals surface area (Å²) in [7, 11) is 1.76. The molecule has 6 heteroatoms. The summed E-state index contributed by atoms with van der Waals surface area (Å²) in [4.78, 5) is 14.0. The molecule has 15 heavy (non-hydrogen) atoms. The highest BCUT2D eigenvalue weighted by Gasteiger charge is 2.22. The Kier molecular flexibility index (Phi) is 3.76. The zero-order valence-electron chi connectivity index (χ0n) is 9.23. The fourth-order valence-electron chi connectivity index (χ4n) is 1.23. The van der Waals surface area contributed by atoms with Crippen LogP contribution in [0.15, 0.2) is 6.20 Å². The third-order valence-corrected chi connectivity index (χ3v) is 2.79. The zero-order valence-corrected chi connectivity index (χ0v) is 10.0. The second-order valence-electron chi connectivity index (χ2n) is 4.31. The van der Waals surface area contributed by atoms with Gasteiger partial charge in [-0.25, -0.2) is 0 Å². The number of rotatable bonds is 4. The van der Waals surface area contributed by atoms with E-state index in [-0.39, 0.29) is 11.3 Å². The van der Waals surface area contributed by atoms with E-state index in [4.69, 9.17) is 5.73 Å². The van der Waals surface area contributed by atoms with Gasteiger partial charge in [0.1, 0.15) is 4.88 Å². The van der Waals surface area contributed by atoms with Crippen molar-refractivity contribution in [2.75, 3.05) is 20.1 Å². The highest BCUT2D eigenvalue weighted by atomic mass is 32.1. The number of amides is 1. The van der Waals surface area contributed by atoms with Crippen LogP contribution in [0, 0.1) is 5.41 Å². The first-order valence-corrected chi connectivity index (χ1v) is 5.46. The molecule has 0 aliphatic rings. The van der Waals surface area contributed by atoms with Gasteiger partial charge in [0.25, 0.3) is 5.91 Å². The number of carbonyl (C=O) groups is 1. The van der Waals surface area contributed by atoms with Gasteiger partial charge in [-0.05, 0) is 23.5 Å². The van der Waals surface area contributed by atoms with E-state index in [1.807, 2.05) is 13.8 Å². The molecule has 0 spiro atoms. The van der Waals surface area contributed by atoms with Crippen molar-refractivity contribution < 1.29 is 4.79 Å². The molecule has 0 bridgehead atoms. The molecule has 1 aromatic heterocycles. The topological polar surface area (TPSA) is 72.1 Å². The fourth-order valence-corrected chi connectivity index (χ4v) is 1.74. The molecule has 0 radical (unpaired) electrons. The predicted molar refractivity (Wildman–Crippen MR) is 59.7 cm³/mol. The minimum atomic E-state index is -0.0669. The van der Waals surface area contributed by atoms with Crippen molar-refractivity contribution >= 4 is 17.4 Å². The molecule has 0 aromatic carbocycles. The Morgan fingerprint density at radius 3 is 2.80 bits per heavy atom. The summed E-state index contributed by atoms with van der Waals surface area (Å²) >= 11 is 1.11. The van der Waals surface area contributed by atoms with Gasteiger partial charge in [0.2, 0.25) is 0 Å². The van der Waals surface area contributed by atoms with Gasteiger partial charge < -0.3 is 10.6 Å². The summed E-state index contributed by atoms with van der Waals surface area (Å²) < 4.78 is 3.66. The van der Waals surface area contributed by atoms with Gasteiger partial charge in [0.15, 0.2) is 0 Å². The number of aromatic nitrogens is 2. The van der Waals surface area contributed by atoms with Crippen LogP contribution in [-0.4, -0.2) is 40.5 Å². The van der Waals surface area contributed by atoms with E-state index in [1.54, 1.807) is 11.9 Å². The van der Waals surface area contributed by atoms with Crippen LogP contribution in [0.5, 0.6) is 0 Å². The number of nitrogens with zero attached hydrogens (tertiary/aromatic N) is 3. The largest absolute Gasteiger partial charge is 0.340 e. The molecule has 0 fully saturated rings. The van der Waals surface area contributed by atoms with Gasteiger partial charge in [-0.15, -0.1) is 5.10 Å². The van der Waals surface area contributed by atoms with Gasteiger partial charge in [-0.3, -0.25) is 4.79 Å². The maximum absolute atomic E-state index is 11.8. The van der Waals surface area contributed by atoms with Crippen LogP contribution < -0.4 is 5.73 Å². The molecule has 1 heterocycles. The van der Waals surface area contributed by atoms with Crippen molar-refractivity contribution in [3.8, 4) is 0 Å². The number of hydrogen-bond acceptors (Lipinski definition) is 5. The summed E-state index contributed by atoms with van der Waals surface area (Å²) in [6.07, 6.45) is 1.49. The second kappa shape index (κ2) is 4.67. The average Bonchev–Trinajstić information content (AvgIpc) is 2.68. The van der Waals surface area contributed by atoms with Gasteiger partial charge in [-0.1, -0.05) is 18.3 Å². The number of nitrogens with two attached hydrogens (primary N) is 1.